The zero-order valence-electron chi connectivity index (χ0n) is 15.5. The highest BCUT2D eigenvalue weighted by molar-refractivity contribution is 7.80. The fourth-order valence-electron chi connectivity index (χ4n) is 3.06. The van der Waals surface area contributed by atoms with Gasteiger partial charge in [-0.25, -0.2) is 4.98 Å². The van der Waals surface area contributed by atoms with E-state index in [2.05, 4.69) is 34.0 Å². The van der Waals surface area contributed by atoms with Gasteiger partial charge in [0.15, 0.2) is 5.11 Å². The molecule has 4 rings (SSSR count). The monoisotopic (exact) mass is 397 g/mol. The third kappa shape index (κ3) is 4.39. The van der Waals surface area contributed by atoms with E-state index in [0.29, 0.717) is 0 Å². The summed E-state index contributed by atoms with van der Waals surface area (Å²) < 4.78 is 0. The molecule has 0 aliphatic rings. The van der Waals surface area contributed by atoms with Crippen molar-refractivity contribution in [1.82, 2.24) is 20.8 Å². The molecule has 4 N–H and O–H groups in total. The number of hydrogen-bond donors (Lipinski definition) is 3. The third-order valence-corrected chi connectivity index (χ3v) is 4.49. The van der Waals surface area contributed by atoms with Crippen molar-refractivity contribution in [3.8, 4) is 11.4 Å². The lowest BCUT2D eigenvalue weighted by atomic mass is 10.0. The van der Waals surface area contributed by atoms with Crippen LogP contribution in [0.15, 0.2) is 85.1 Å². The fraction of sp³-hybridized carbons (Fsp3) is 0. The van der Waals surface area contributed by atoms with E-state index in [1.807, 2.05) is 66.7 Å². The Morgan fingerprint density at radius 2 is 1.62 bits per heavy atom. The van der Waals surface area contributed by atoms with Crippen LogP contribution < -0.4 is 16.6 Å². The summed E-state index contributed by atoms with van der Waals surface area (Å²) in [5, 5.41) is 2.29. The van der Waals surface area contributed by atoms with Crippen LogP contribution in [-0.4, -0.2) is 15.1 Å². The Morgan fingerprint density at radius 3 is 2.38 bits per heavy atom. The molecule has 0 atom stereocenters. The molecule has 0 spiro atoms. The Hall–Kier alpha value is -3.77. The van der Waals surface area contributed by atoms with E-state index in [4.69, 9.17) is 22.9 Å². The number of pyridine rings is 2. The summed E-state index contributed by atoms with van der Waals surface area (Å²) in [4.78, 5) is 9.34. The van der Waals surface area contributed by atoms with E-state index < -0.39 is 0 Å². The van der Waals surface area contributed by atoms with Crippen molar-refractivity contribution in [2.24, 2.45) is 5.73 Å². The van der Waals surface area contributed by atoms with Gasteiger partial charge < -0.3 is 5.73 Å². The van der Waals surface area contributed by atoms with Crippen molar-refractivity contribution in [1.29, 1.82) is 0 Å². The average Bonchev–Trinajstić information content (AvgIpc) is 2.77. The quantitative estimate of drug-likeness (QED) is 0.347. The fourth-order valence-corrected chi connectivity index (χ4v) is 3.11. The molecular weight excluding hydrogens is 378 g/mol. The van der Waals surface area contributed by atoms with Gasteiger partial charge in [0.05, 0.1) is 22.8 Å². The van der Waals surface area contributed by atoms with Gasteiger partial charge in [-0.3, -0.25) is 15.8 Å². The van der Waals surface area contributed by atoms with Crippen molar-refractivity contribution < 1.29 is 0 Å². The SMILES string of the molecule is NC(=S)NNC(=Cc1nc(-c2ccccn2)cc2ccccc12)c1ccccc1. The molecule has 2 heterocycles. The predicted octanol–water partition coefficient (Wildman–Crippen LogP) is 4.13. The van der Waals surface area contributed by atoms with Crippen LogP contribution in [0.4, 0.5) is 0 Å². The zero-order chi connectivity index (χ0) is 20.1. The Morgan fingerprint density at radius 1 is 0.862 bits per heavy atom. The molecule has 0 unspecified atom stereocenters. The lowest BCUT2D eigenvalue weighted by molar-refractivity contribution is 0.847. The van der Waals surface area contributed by atoms with E-state index in [1.165, 1.54) is 0 Å². The number of nitrogens with one attached hydrogen (secondary N) is 2. The first-order valence-corrected chi connectivity index (χ1v) is 9.51. The summed E-state index contributed by atoms with van der Waals surface area (Å²) in [6.07, 6.45) is 3.75. The Bertz CT molecular complexity index is 1170. The van der Waals surface area contributed by atoms with Crippen LogP contribution in [0.1, 0.15) is 11.3 Å². The van der Waals surface area contributed by atoms with E-state index in [0.717, 1.165) is 39.1 Å². The molecule has 0 radical (unpaired) electrons. The molecule has 2 aromatic heterocycles. The van der Waals surface area contributed by atoms with E-state index in [9.17, 15) is 0 Å². The molecular formula is C23H19N5S. The largest absolute Gasteiger partial charge is 0.375 e. The van der Waals surface area contributed by atoms with E-state index in [1.54, 1.807) is 6.20 Å². The second-order valence-electron chi connectivity index (χ2n) is 6.37. The third-order valence-electron chi connectivity index (χ3n) is 4.38. The van der Waals surface area contributed by atoms with Gasteiger partial charge in [-0.1, -0.05) is 60.7 Å². The van der Waals surface area contributed by atoms with Crippen molar-refractivity contribution in [2.45, 2.75) is 0 Å². The molecule has 4 aromatic rings. The van der Waals surface area contributed by atoms with E-state index >= 15 is 0 Å². The maximum Gasteiger partial charge on any atom is 0.182 e. The number of hydrogen-bond acceptors (Lipinski definition) is 4. The lowest BCUT2D eigenvalue weighted by Gasteiger charge is -2.14. The number of benzene rings is 2. The first-order valence-electron chi connectivity index (χ1n) is 9.10. The van der Waals surface area contributed by atoms with Gasteiger partial charge >= 0.3 is 0 Å². The Balaban J connectivity index is 1.88. The van der Waals surface area contributed by atoms with Gasteiger partial charge in [0.2, 0.25) is 0 Å². The summed E-state index contributed by atoms with van der Waals surface area (Å²) in [6, 6.07) is 25.9. The second kappa shape index (κ2) is 8.50. The van der Waals surface area contributed by atoms with Crippen LogP contribution in [0.5, 0.6) is 0 Å². The first kappa shape index (κ1) is 18.6. The standard InChI is InChI=1S/C23H19N5S/c24-23(29)28-27-20(16-8-2-1-3-9-16)15-21-18-11-5-4-10-17(18)14-22(26-21)19-12-6-7-13-25-19/h1-15,27H,(H3,24,28,29). The average molecular weight is 398 g/mol. The van der Waals surface area contributed by atoms with Crippen molar-refractivity contribution in [3.63, 3.8) is 0 Å². The Labute approximate surface area is 174 Å². The molecule has 0 saturated carbocycles. The molecule has 0 amide bonds. The highest BCUT2D eigenvalue weighted by atomic mass is 32.1. The number of fused-ring (bicyclic) bond motifs is 1. The minimum absolute atomic E-state index is 0.159. The van der Waals surface area contributed by atoms with Gasteiger partial charge in [-0.05, 0) is 47.4 Å². The molecule has 0 saturated heterocycles. The van der Waals surface area contributed by atoms with Gasteiger partial charge in [-0.15, -0.1) is 0 Å². The summed E-state index contributed by atoms with van der Waals surface area (Å²) in [5.74, 6) is 0. The number of aromatic nitrogens is 2. The topological polar surface area (TPSA) is 75.9 Å². The van der Waals surface area contributed by atoms with E-state index in [-0.39, 0.29) is 5.11 Å². The summed E-state index contributed by atoms with van der Waals surface area (Å²) in [5.41, 5.74) is 15.7. The van der Waals surface area contributed by atoms with Crippen LogP contribution in [0.25, 0.3) is 33.9 Å². The minimum Gasteiger partial charge on any atom is -0.375 e. The zero-order valence-corrected chi connectivity index (χ0v) is 16.4. The van der Waals surface area contributed by atoms with Crippen LogP contribution in [0.3, 0.4) is 0 Å². The number of rotatable bonds is 5. The van der Waals surface area contributed by atoms with Crippen LogP contribution in [-0.2, 0) is 0 Å². The first-order chi connectivity index (χ1) is 14.2. The molecule has 142 valence electrons. The molecule has 5 nitrogen and oxygen atoms in total. The van der Waals surface area contributed by atoms with Gasteiger partial charge in [0.25, 0.3) is 0 Å². The van der Waals surface area contributed by atoms with Gasteiger partial charge in [-0.2, -0.15) is 0 Å². The maximum atomic E-state index is 5.61. The number of nitrogens with zero attached hydrogens (tertiary/aromatic N) is 2. The predicted molar refractivity (Wildman–Crippen MR) is 122 cm³/mol. The van der Waals surface area contributed by atoms with Crippen molar-refractivity contribution >= 4 is 39.9 Å². The Kier molecular flexibility index (Phi) is 5.45. The maximum absolute atomic E-state index is 5.61. The molecule has 0 bridgehead atoms. The molecule has 0 aliphatic carbocycles. The van der Waals surface area contributed by atoms with Crippen LogP contribution >= 0.6 is 12.2 Å². The summed E-state index contributed by atoms with van der Waals surface area (Å²) in [7, 11) is 0. The van der Waals surface area contributed by atoms with Crippen molar-refractivity contribution in [2.75, 3.05) is 0 Å². The van der Waals surface area contributed by atoms with Crippen LogP contribution in [0, 0.1) is 0 Å². The number of thiocarbonyl (C=S) groups is 1. The van der Waals surface area contributed by atoms with Gasteiger partial charge in [0, 0.05) is 11.6 Å². The molecule has 2 aromatic carbocycles. The second-order valence-corrected chi connectivity index (χ2v) is 6.81. The highest BCUT2D eigenvalue weighted by Gasteiger charge is 2.09. The van der Waals surface area contributed by atoms with Gasteiger partial charge in [0.1, 0.15) is 0 Å². The highest BCUT2D eigenvalue weighted by Crippen LogP contribution is 2.26. The van der Waals surface area contributed by atoms with Crippen LogP contribution in [0.2, 0.25) is 0 Å². The molecule has 0 fully saturated rings. The number of hydrazine groups is 1. The smallest absolute Gasteiger partial charge is 0.182 e. The van der Waals surface area contributed by atoms with Crippen molar-refractivity contribution in [3.05, 3.63) is 96.3 Å². The lowest BCUT2D eigenvalue weighted by Crippen LogP contribution is -2.39. The normalized spacial score (nSPS) is 11.2. The summed E-state index contributed by atoms with van der Waals surface area (Å²) >= 11 is 4.94. The molecule has 6 heteroatoms. The molecule has 0 aliphatic heterocycles. The molecule has 29 heavy (non-hydrogen) atoms. The summed E-state index contributed by atoms with van der Waals surface area (Å²) in [6.45, 7) is 0. The minimum atomic E-state index is 0.159. The number of nitrogens with two attached hydrogens (primary N) is 1.